The molecule has 138 valence electrons. The lowest BCUT2D eigenvalue weighted by atomic mass is 10.2. The number of urea groups is 1. The lowest BCUT2D eigenvalue weighted by Gasteiger charge is -2.27. The zero-order valence-electron chi connectivity index (χ0n) is 15.0. The van der Waals surface area contributed by atoms with Gasteiger partial charge in [0.2, 0.25) is 5.91 Å². The average Bonchev–Trinajstić information content (AvgIpc) is 2.63. The van der Waals surface area contributed by atoms with Gasteiger partial charge < -0.3 is 20.9 Å². The average molecular weight is 347 g/mol. The zero-order chi connectivity index (χ0) is 17.9. The molecule has 25 heavy (non-hydrogen) atoms. The molecule has 0 bridgehead atoms. The monoisotopic (exact) mass is 347 g/mol. The predicted octanol–water partition coefficient (Wildman–Crippen LogP) is 0.240. The summed E-state index contributed by atoms with van der Waals surface area (Å²) in [5, 5.41) is 8.99. The maximum atomic E-state index is 12.0. The Labute approximate surface area is 149 Å². The molecule has 7 nitrogen and oxygen atoms in total. The van der Waals surface area contributed by atoms with Crippen LogP contribution in [0.2, 0.25) is 0 Å². The molecule has 7 heteroatoms. The van der Waals surface area contributed by atoms with E-state index in [9.17, 15) is 9.59 Å². The van der Waals surface area contributed by atoms with Crippen LogP contribution in [0.4, 0.5) is 4.79 Å². The first-order valence-corrected chi connectivity index (χ1v) is 8.88. The van der Waals surface area contributed by atoms with Gasteiger partial charge >= 0.3 is 6.03 Å². The first kappa shape index (κ1) is 19.2. The van der Waals surface area contributed by atoms with E-state index in [2.05, 4.69) is 20.9 Å². The van der Waals surface area contributed by atoms with Gasteiger partial charge in [0.05, 0.1) is 0 Å². The fourth-order valence-corrected chi connectivity index (χ4v) is 2.72. The number of rotatable bonds is 8. The van der Waals surface area contributed by atoms with E-state index >= 15 is 0 Å². The van der Waals surface area contributed by atoms with E-state index in [0.717, 1.165) is 38.3 Å². The first-order valence-electron chi connectivity index (χ1n) is 8.88. The van der Waals surface area contributed by atoms with E-state index in [1.54, 1.807) is 11.9 Å². The summed E-state index contributed by atoms with van der Waals surface area (Å²) < 4.78 is 0. The Kier molecular flexibility index (Phi) is 8.21. The van der Waals surface area contributed by atoms with Crippen molar-refractivity contribution in [3.05, 3.63) is 35.9 Å². The number of carbonyl (C=O) groups is 2. The fourth-order valence-electron chi connectivity index (χ4n) is 2.72. The zero-order valence-corrected chi connectivity index (χ0v) is 15.0. The van der Waals surface area contributed by atoms with E-state index in [-0.39, 0.29) is 11.9 Å². The van der Waals surface area contributed by atoms with Crippen LogP contribution < -0.4 is 16.0 Å². The number of nitrogens with zero attached hydrogens (tertiary/aromatic N) is 2. The molecule has 1 saturated heterocycles. The quantitative estimate of drug-likeness (QED) is 0.630. The van der Waals surface area contributed by atoms with Gasteiger partial charge in [0, 0.05) is 65.8 Å². The van der Waals surface area contributed by atoms with Gasteiger partial charge in [-0.2, -0.15) is 0 Å². The highest BCUT2D eigenvalue weighted by Crippen LogP contribution is 2.02. The van der Waals surface area contributed by atoms with E-state index < -0.39 is 0 Å². The molecule has 1 heterocycles. The standard InChI is InChI=1S/C18H29N5O2/c1-22(15-16-5-3-2-4-6-16)18(25)21-8-7-17(24)20-11-14-23-12-9-19-10-13-23/h2-6,19H,7-15H2,1H3,(H,20,24)(H,21,25). The summed E-state index contributed by atoms with van der Waals surface area (Å²) in [5.41, 5.74) is 1.07. The second-order valence-corrected chi connectivity index (χ2v) is 6.27. The summed E-state index contributed by atoms with van der Waals surface area (Å²) in [5.74, 6) is -0.0267. The Balaban J connectivity index is 1.54. The van der Waals surface area contributed by atoms with Gasteiger partial charge in [-0.3, -0.25) is 9.69 Å². The van der Waals surface area contributed by atoms with Crippen LogP contribution in [-0.2, 0) is 11.3 Å². The molecule has 1 aliphatic heterocycles. The number of nitrogens with one attached hydrogen (secondary N) is 3. The molecular weight excluding hydrogens is 318 g/mol. The number of benzene rings is 1. The van der Waals surface area contributed by atoms with Crippen molar-refractivity contribution in [1.29, 1.82) is 0 Å². The Bertz CT molecular complexity index is 532. The smallest absolute Gasteiger partial charge is 0.317 e. The third-order valence-corrected chi connectivity index (χ3v) is 4.20. The minimum atomic E-state index is -0.169. The highest BCUT2D eigenvalue weighted by atomic mass is 16.2. The van der Waals surface area contributed by atoms with Crippen LogP contribution >= 0.6 is 0 Å². The molecule has 0 atom stereocenters. The third kappa shape index (κ3) is 7.53. The maximum absolute atomic E-state index is 12.0. The van der Waals surface area contributed by atoms with Crippen molar-refractivity contribution in [3.63, 3.8) is 0 Å². The highest BCUT2D eigenvalue weighted by Gasteiger charge is 2.11. The Hall–Kier alpha value is -2.12. The van der Waals surface area contributed by atoms with Crippen molar-refractivity contribution in [2.75, 3.05) is 52.9 Å². The molecule has 0 aromatic heterocycles. The summed E-state index contributed by atoms with van der Waals surface area (Å²) in [4.78, 5) is 27.8. The van der Waals surface area contributed by atoms with E-state index in [0.29, 0.717) is 26.1 Å². The molecule has 0 spiro atoms. The second-order valence-electron chi connectivity index (χ2n) is 6.27. The van der Waals surface area contributed by atoms with Crippen LogP contribution in [0.1, 0.15) is 12.0 Å². The van der Waals surface area contributed by atoms with Crippen LogP contribution in [0.15, 0.2) is 30.3 Å². The molecule has 0 saturated carbocycles. The molecule has 1 fully saturated rings. The molecule has 1 aliphatic rings. The van der Waals surface area contributed by atoms with Gasteiger partial charge in [0.15, 0.2) is 0 Å². The van der Waals surface area contributed by atoms with Gasteiger partial charge in [0.25, 0.3) is 0 Å². The minimum Gasteiger partial charge on any atom is -0.355 e. The Morgan fingerprint density at radius 2 is 1.84 bits per heavy atom. The van der Waals surface area contributed by atoms with E-state index in [1.165, 1.54) is 0 Å². The lowest BCUT2D eigenvalue weighted by Crippen LogP contribution is -2.46. The van der Waals surface area contributed by atoms with Gasteiger partial charge in [-0.25, -0.2) is 4.79 Å². The number of piperazine rings is 1. The van der Waals surface area contributed by atoms with Crippen molar-refractivity contribution >= 4 is 11.9 Å². The molecule has 0 aliphatic carbocycles. The molecular formula is C18H29N5O2. The minimum absolute atomic E-state index is 0.0267. The third-order valence-electron chi connectivity index (χ3n) is 4.20. The lowest BCUT2D eigenvalue weighted by molar-refractivity contribution is -0.121. The van der Waals surface area contributed by atoms with Crippen LogP contribution in [-0.4, -0.2) is 74.6 Å². The highest BCUT2D eigenvalue weighted by molar-refractivity contribution is 5.78. The molecule has 1 aromatic rings. The Morgan fingerprint density at radius 1 is 1.12 bits per heavy atom. The predicted molar refractivity (Wildman–Crippen MR) is 98.2 cm³/mol. The molecule has 0 unspecified atom stereocenters. The topological polar surface area (TPSA) is 76.7 Å². The second kappa shape index (κ2) is 10.7. The summed E-state index contributed by atoms with van der Waals surface area (Å²) in [6, 6.07) is 9.64. The molecule has 0 radical (unpaired) electrons. The molecule has 3 amide bonds. The normalized spacial score (nSPS) is 14.8. The van der Waals surface area contributed by atoms with Gasteiger partial charge in [-0.15, -0.1) is 0 Å². The van der Waals surface area contributed by atoms with Crippen molar-refractivity contribution in [2.24, 2.45) is 0 Å². The van der Waals surface area contributed by atoms with Gasteiger partial charge in [-0.1, -0.05) is 30.3 Å². The van der Waals surface area contributed by atoms with Gasteiger partial charge in [0.1, 0.15) is 0 Å². The molecule has 1 aromatic carbocycles. The SMILES string of the molecule is CN(Cc1ccccc1)C(=O)NCCC(=O)NCCN1CCNCC1. The van der Waals surface area contributed by atoms with Crippen molar-refractivity contribution in [1.82, 2.24) is 25.8 Å². The van der Waals surface area contributed by atoms with Crippen LogP contribution in [0.3, 0.4) is 0 Å². The maximum Gasteiger partial charge on any atom is 0.317 e. The van der Waals surface area contributed by atoms with Crippen molar-refractivity contribution in [2.45, 2.75) is 13.0 Å². The summed E-state index contributed by atoms with van der Waals surface area (Å²) in [6.45, 7) is 6.49. The summed E-state index contributed by atoms with van der Waals surface area (Å²) in [7, 11) is 1.75. The fraction of sp³-hybridized carbons (Fsp3) is 0.556. The number of hydrogen-bond acceptors (Lipinski definition) is 4. The molecule has 3 N–H and O–H groups in total. The summed E-state index contributed by atoms with van der Waals surface area (Å²) in [6.07, 6.45) is 0.298. The van der Waals surface area contributed by atoms with Crippen molar-refractivity contribution in [3.8, 4) is 0 Å². The Morgan fingerprint density at radius 3 is 2.56 bits per heavy atom. The molecule has 2 rings (SSSR count). The van der Waals surface area contributed by atoms with E-state index in [1.807, 2.05) is 30.3 Å². The van der Waals surface area contributed by atoms with Crippen LogP contribution in [0, 0.1) is 0 Å². The van der Waals surface area contributed by atoms with E-state index in [4.69, 9.17) is 0 Å². The largest absolute Gasteiger partial charge is 0.355 e. The van der Waals surface area contributed by atoms with Gasteiger partial charge in [-0.05, 0) is 5.56 Å². The van der Waals surface area contributed by atoms with Crippen LogP contribution in [0.25, 0.3) is 0 Å². The number of carbonyl (C=O) groups excluding carboxylic acids is 2. The summed E-state index contributed by atoms with van der Waals surface area (Å²) >= 11 is 0. The number of hydrogen-bond donors (Lipinski definition) is 3. The number of amides is 3. The first-order chi connectivity index (χ1) is 12.1. The van der Waals surface area contributed by atoms with Crippen molar-refractivity contribution < 1.29 is 9.59 Å². The van der Waals surface area contributed by atoms with Crippen LogP contribution in [0.5, 0.6) is 0 Å².